The maximum absolute atomic E-state index is 12.0. The molecule has 0 spiro atoms. The molecule has 0 heterocycles. The van der Waals surface area contributed by atoms with E-state index in [0.717, 1.165) is 6.92 Å². The van der Waals surface area contributed by atoms with E-state index in [4.69, 9.17) is 0 Å². The van der Waals surface area contributed by atoms with Crippen LogP contribution >= 0.6 is 0 Å². The molecule has 5 heteroatoms. The third-order valence-electron chi connectivity index (χ3n) is 1.02. The highest BCUT2D eigenvalue weighted by molar-refractivity contribution is 5.75. The second-order valence-electron chi connectivity index (χ2n) is 1.79. The lowest BCUT2D eigenvalue weighted by Gasteiger charge is -2.11. The standard InChI is InChI=1S/C5H6F3O2/c1-2-3(6)5(7,8)4(9)10/h3H,2H2,1H3. The van der Waals surface area contributed by atoms with Gasteiger partial charge in [-0.2, -0.15) is 8.78 Å². The highest BCUT2D eigenvalue weighted by Crippen LogP contribution is 2.23. The van der Waals surface area contributed by atoms with Gasteiger partial charge in [0.15, 0.2) is 6.17 Å². The molecule has 0 bridgehead atoms. The Balaban J connectivity index is 4.23. The topological polar surface area (TPSA) is 37.0 Å². The minimum Gasteiger partial charge on any atom is -0.240 e. The van der Waals surface area contributed by atoms with Gasteiger partial charge in [0.25, 0.3) is 0 Å². The molecule has 10 heavy (non-hydrogen) atoms. The zero-order valence-electron chi connectivity index (χ0n) is 5.23. The Morgan fingerprint density at radius 1 is 1.60 bits per heavy atom. The highest BCUT2D eigenvalue weighted by atomic mass is 19.3. The molecule has 0 aliphatic carbocycles. The van der Waals surface area contributed by atoms with E-state index >= 15 is 0 Å². The van der Waals surface area contributed by atoms with Gasteiger partial charge in [-0.1, -0.05) is 6.92 Å². The van der Waals surface area contributed by atoms with E-state index in [0.29, 0.717) is 0 Å². The van der Waals surface area contributed by atoms with Crippen LogP contribution in [0.25, 0.3) is 0 Å². The summed E-state index contributed by atoms with van der Waals surface area (Å²) in [5.74, 6) is -7.02. The van der Waals surface area contributed by atoms with Crippen LogP contribution in [0.1, 0.15) is 13.3 Å². The Bertz CT molecular complexity index is 135. The van der Waals surface area contributed by atoms with Crippen molar-refractivity contribution in [3.8, 4) is 0 Å². The molecule has 1 unspecified atom stereocenters. The Morgan fingerprint density at radius 2 is 2.00 bits per heavy atom. The van der Waals surface area contributed by atoms with Crippen LogP contribution in [-0.2, 0) is 9.90 Å². The van der Waals surface area contributed by atoms with E-state index in [1.54, 1.807) is 0 Å². The van der Waals surface area contributed by atoms with Crippen molar-refractivity contribution in [3.63, 3.8) is 0 Å². The van der Waals surface area contributed by atoms with Gasteiger partial charge in [0.1, 0.15) is 0 Å². The van der Waals surface area contributed by atoms with Gasteiger partial charge in [-0.25, -0.2) is 14.3 Å². The first-order valence-corrected chi connectivity index (χ1v) is 2.66. The van der Waals surface area contributed by atoms with Crippen molar-refractivity contribution in [1.29, 1.82) is 0 Å². The number of carbonyl (C=O) groups is 1. The van der Waals surface area contributed by atoms with Crippen molar-refractivity contribution < 1.29 is 23.1 Å². The van der Waals surface area contributed by atoms with Crippen LogP contribution in [0, 0.1) is 0 Å². The fourth-order valence-corrected chi connectivity index (χ4v) is 0.384. The van der Waals surface area contributed by atoms with Gasteiger partial charge in [0, 0.05) is 0 Å². The molecule has 2 nitrogen and oxygen atoms in total. The van der Waals surface area contributed by atoms with Crippen LogP contribution < -0.4 is 0 Å². The Labute approximate surface area is 55.7 Å². The molecule has 1 atom stereocenters. The summed E-state index contributed by atoms with van der Waals surface area (Å²) >= 11 is 0. The predicted molar refractivity (Wildman–Crippen MR) is 25.8 cm³/mol. The molecular weight excluding hydrogens is 149 g/mol. The normalized spacial score (nSPS) is 14.8. The van der Waals surface area contributed by atoms with E-state index in [1.165, 1.54) is 0 Å². The number of halogens is 3. The molecule has 0 aromatic heterocycles. The number of carbonyl (C=O) groups excluding carboxylic acids is 1. The summed E-state index contributed by atoms with van der Waals surface area (Å²) in [7, 11) is 0. The van der Waals surface area contributed by atoms with E-state index < -0.39 is 24.5 Å². The van der Waals surface area contributed by atoms with Gasteiger partial charge in [-0.05, 0) is 6.42 Å². The summed E-state index contributed by atoms with van der Waals surface area (Å²) in [5.41, 5.74) is 0. The average Bonchev–Trinajstić information content (AvgIpc) is 1.86. The molecular formula is C5H6F3O2. The van der Waals surface area contributed by atoms with Gasteiger partial charge in [-0.15, -0.1) is 0 Å². The van der Waals surface area contributed by atoms with Gasteiger partial charge in [0.05, 0.1) is 0 Å². The molecule has 0 aromatic carbocycles. The smallest absolute Gasteiger partial charge is 0.240 e. The van der Waals surface area contributed by atoms with Crippen molar-refractivity contribution in [3.05, 3.63) is 0 Å². The van der Waals surface area contributed by atoms with Crippen molar-refractivity contribution >= 4 is 5.97 Å². The first-order chi connectivity index (χ1) is 4.42. The SMILES string of the molecule is CCC(F)C(F)(F)C([O])=O. The number of alkyl halides is 3. The monoisotopic (exact) mass is 155 g/mol. The van der Waals surface area contributed by atoms with Gasteiger partial charge < -0.3 is 0 Å². The summed E-state index contributed by atoms with van der Waals surface area (Å²) in [4.78, 5) is 9.52. The summed E-state index contributed by atoms with van der Waals surface area (Å²) in [6.45, 7) is 1.13. The van der Waals surface area contributed by atoms with E-state index in [9.17, 15) is 23.1 Å². The van der Waals surface area contributed by atoms with E-state index in [2.05, 4.69) is 0 Å². The second-order valence-corrected chi connectivity index (χ2v) is 1.79. The van der Waals surface area contributed by atoms with Gasteiger partial charge in [-0.3, -0.25) is 0 Å². The van der Waals surface area contributed by atoms with Crippen LogP contribution in [0.3, 0.4) is 0 Å². The molecule has 0 saturated heterocycles. The predicted octanol–water partition coefficient (Wildman–Crippen LogP) is 1.33. The van der Waals surface area contributed by atoms with Crippen LogP contribution in [0.2, 0.25) is 0 Å². The van der Waals surface area contributed by atoms with Crippen molar-refractivity contribution in [1.82, 2.24) is 0 Å². The summed E-state index contributed by atoms with van der Waals surface area (Å²) in [5, 5.41) is 9.52. The maximum atomic E-state index is 12.0. The maximum Gasteiger partial charge on any atom is 0.427 e. The number of rotatable bonds is 3. The van der Waals surface area contributed by atoms with Crippen molar-refractivity contribution in [2.45, 2.75) is 25.4 Å². The Hall–Kier alpha value is -0.740. The molecule has 0 N–H and O–H groups in total. The Morgan fingerprint density at radius 3 is 2.10 bits per heavy atom. The van der Waals surface area contributed by atoms with Crippen LogP contribution in [0.4, 0.5) is 13.2 Å². The van der Waals surface area contributed by atoms with E-state index in [-0.39, 0.29) is 0 Å². The molecule has 1 radical (unpaired) electrons. The molecule has 0 amide bonds. The molecule has 59 valence electrons. The summed E-state index contributed by atoms with van der Waals surface area (Å²) in [6, 6.07) is 0. The second kappa shape index (κ2) is 2.90. The quantitative estimate of drug-likeness (QED) is 0.605. The van der Waals surface area contributed by atoms with Crippen LogP contribution in [0.5, 0.6) is 0 Å². The first-order valence-electron chi connectivity index (χ1n) is 2.66. The van der Waals surface area contributed by atoms with E-state index in [1.807, 2.05) is 0 Å². The number of hydrogen-bond acceptors (Lipinski definition) is 1. The van der Waals surface area contributed by atoms with Gasteiger partial charge >= 0.3 is 11.9 Å². The lowest BCUT2D eigenvalue weighted by Crippen LogP contribution is -2.37. The fraction of sp³-hybridized carbons (Fsp3) is 0.800. The van der Waals surface area contributed by atoms with Crippen molar-refractivity contribution in [2.24, 2.45) is 0 Å². The third kappa shape index (κ3) is 1.62. The largest absolute Gasteiger partial charge is 0.427 e. The molecule has 0 aliphatic rings. The molecule has 0 aliphatic heterocycles. The summed E-state index contributed by atoms with van der Waals surface area (Å²) < 4.78 is 35.8. The minimum atomic E-state index is -4.35. The number of hydrogen-bond donors (Lipinski definition) is 0. The lowest BCUT2D eigenvalue weighted by atomic mass is 10.2. The minimum absolute atomic E-state index is 0.541. The van der Waals surface area contributed by atoms with Crippen LogP contribution in [-0.4, -0.2) is 18.1 Å². The first kappa shape index (κ1) is 9.26. The zero-order chi connectivity index (χ0) is 8.36. The molecule has 0 rings (SSSR count). The third-order valence-corrected chi connectivity index (χ3v) is 1.02. The molecule has 0 fully saturated rings. The highest BCUT2D eigenvalue weighted by Gasteiger charge is 2.48. The molecule has 0 aromatic rings. The Kier molecular flexibility index (Phi) is 2.68. The molecule has 0 saturated carbocycles. The van der Waals surface area contributed by atoms with Gasteiger partial charge in [0.2, 0.25) is 0 Å². The zero-order valence-corrected chi connectivity index (χ0v) is 5.23. The fourth-order valence-electron chi connectivity index (χ4n) is 0.384. The lowest BCUT2D eigenvalue weighted by molar-refractivity contribution is -0.181. The van der Waals surface area contributed by atoms with Crippen LogP contribution in [0.15, 0.2) is 0 Å². The summed E-state index contributed by atoms with van der Waals surface area (Å²) in [6.07, 6.45) is -3.20. The average molecular weight is 155 g/mol. The van der Waals surface area contributed by atoms with Crippen molar-refractivity contribution in [2.75, 3.05) is 0 Å².